The molecule has 11 heteroatoms. The van der Waals surface area contributed by atoms with E-state index in [-0.39, 0.29) is 5.75 Å². The van der Waals surface area contributed by atoms with Crippen LogP contribution in [0.25, 0.3) is 0 Å². The number of aliphatic hydroxyl groups excluding tert-OH is 7. The van der Waals surface area contributed by atoms with Gasteiger partial charge in [0.1, 0.15) is 42.7 Å². The minimum Gasteiger partial charge on any atom is -0.394 e. The fraction of sp³-hybridized carbons (Fsp3) is 1.00. The summed E-state index contributed by atoms with van der Waals surface area (Å²) in [7, 11) is 0. The molecule has 7 N–H and O–H groups in total. The molecule has 2 aliphatic rings. The topological polar surface area (TPSA) is 169 Å². The second-order valence-electron chi connectivity index (χ2n) is 5.53. The van der Waals surface area contributed by atoms with Gasteiger partial charge in [0.2, 0.25) is 0 Å². The first-order valence-corrected chi connectivity index (χ1v) is 7.71. The zero-order valence-electron chi connectivity index (χ0n) is 12.0. The van der Waals surface area contributed by atoms with Crippen molar-refractivity contribution in [3.8, 4) is 0 Å². The fourth-order valence-corrected chi connectivity index (χ4v) is 2.87. The van der Waals surface area contributed by atoms with Crippen LogP contribution in [0.3, 0.4) is 0 Å². The van der Waals surface area contributed by atoms with Gasteiger partial charge in [0, 0.05) is 5.75 Å². The van der Waals surface area contributed by atoms with E-state index in [9.17, 15) is 35.7 Å². The zero-order valence-corrected chi connectivity index (χ0v) is 12.9. The molecule has 0 radical (unpaired) electrons. The van der Waals surface area contributed by atoms with Gasteiger partial charge in [0.25, 0.3) is 0 Å². The highest BCUT2D eigenvalue weighted by molar-refractivity contribution is 7.80. The Morgan fingerprint density at radius 1 is 0.783 bits per heavy atom. The maximum atomic E-state index is 9.98. The summed E-state index contributed by atoms with van der Waals surface area (Å²) in [5.74, 6) is 0.0271. The molecule has 0 aliphatic carbocycles. The quantitative estimate of drug-likeness (QED) is 0.229. The molecule has 2 saturated heterocycles. The second-order valence-corrected chi connectivity index (χ2v) is 5.89. The van der Waals surface area contributed by atoms with Gasteiger partial charge in [0.05, 0.1) is 12.7 Å². The SMILES string of the molecule is OCC1O[C@@H](O)C(O)C(O)[C@@H]1O[C@@H]1OC(CS)[C@H](O)C(O)[C@@H]1O. The number of aliphatic hydroxyl groups is 7. The summed E-state index contributed by atoms with van der Waals surface area (Å²) in [5, 5.41) is 67.7. The summed E-state index contributed by atoms with van der Waals surface area (Å²) in [6.07, 6.45) is -14.6. The molecule has 0 spiro atoms. The molecule has 5 unspecified atom stereocenters. The molecule has 23 heavy (non-hydrogen) atoms. The fourth-order valence-electron chi connectivity index (χ4n) is 2.57. The van der Waals surface area contributed by atoms with Crippen LogP contribution >= 0.6 is 12.6 Å². The maximum absolute atomic E-state index is 9.98. The van der Waals surface area contributed by atoms with E-state index in [0.29, 0.717) is 0 Å². The van der Waals surface area contributed by atoms with E-state index in [0.717, 1.165) is 0 Å². The third-order valence-corrected chi connectivity index (χ3v) is 4.34. The van der Waals surface area contributed by atoms with Crippen LogP contribution in [-0.4, -0.2) is 110 Å². The Labute approximate surface area is 137 Å². The molecule has 0 bridgehead atoms. The lowest BCUT2D eigenvalue weighted by Gasteiger charge is -2.45. The molecule has 10 atom stereocenters. The van der Waals surface area contributed by atoms with Crippen molar-refractivity contribution in [1.29, 1.82) is 0 Å². The van der Waals surface area contributed by atoms with Gasteiger partial charge < -0.3 is 50.0 Å². The summed E-state index contributed by atoms with van der Waals surface area (Å²) in [5.41, 5.74) is 0. The van der Waals surface area contributed by atoms with Crippen LogP contribution in [-0.2, 0) is 14.2 Å². The minimum absolute atomic E-state index is 0.0271. The molecular weight excluding hydrogens is 336 g/mol. The van der Waals surface area contributed by atoms with E-state index in [1.165, 1.54) is 0 Å². The normalized spacial score (nSPS) is 51.7. The van der Waals surface area contributed by atoms with E-state index in [4.69, 9.17) is 14.2 Å². The standard InChI is InChI=1S/C12H22O10S/c13-1-3-10(7(16)8(17)11(19)20-3)22-12-9(18)6(15)5(14)4(2-23)21-12/h3-19,23H,1-2H2/t3?,4?,5-,6?,7?,8?,9-,10+,11+,12-/m0/s1. The molecule has 0 aromatic heterocycles. The number of hydrogen-bond acceptors (Lipinski definition) is 11. The largest absolute Gasteiger partial charge is 0.394 e. The molecule has 136 valence electrons. The highest BCUT2D eigenvalue weighted by atomic mass is 32.1. The Kier molecular flexibility index (Phi) is 6.61. The molecule has 0 aromatic rings. The first kappa shape index (κ1) is 19.3. The highest BCUT2D eigenvalue weighted by Crippen LogP contribution is 2.28. The van der Waals surface area contributed by atoms with Crippen LogP contribution in [0.15, 0.2) is 0 Å². The van der Waals surface area contributed by atoms with Gasteiger partial charge in [-0.05, 0) is 0 Å². The summed E-state index contributed by atoms with van der Waals surface area (Å²) < 4.78 is 15.5. The Balaban J connectivity index is 2.11. The van der Waals surface area contributed by atoms with E-state index in [2.05, 4.69) is 12.6 Å². The van der Waals surface area contributed by atoms with Crippen molar-refractivity contribution >= 4 is 12.6 Å². The zero-order chi connectivity index (χ0) is 17.3. The summed E-state index contributed by atoms with van der Waals surface area (Å²) in [4.78, 5) is 0. The van der Waals surface area contributed by atoms with E-state index in [1.807, 2.05) is 0 Å². The van der Waals surface area contributed by atoms with Crippen molar-refractivity contribution in [2.24, 2.45) is 0 Å². The number of thiol groups is 1. The van der Waals surface area contributed by atoms with Gasteiger partial charge in [0.15, 0.2) is 12.6 Å². The first-order valence-electron chi connectivity index (χ1n) is 7.08. The molecule has 0 amide bonds. The van der Waals surface area contributed by atoms with E-state index >= 15 is 0 Å². The lowest BCUT2D eigenvalue weighted by Crippen LogP contribution is -2.64. The van der Waals surface area contributed by atoms with Crippen LogP contribution in [0.2, 0.25) is 0 Å². The third kappa shape index (κ3) is 3.80. The maximum Gasteiger partial charge on any atom is 0.187 e. The first-order chi connectivity index (χ1) is 10.8. The summed E-state index contributed by atoms with van der Waals surface area (Å²) in [6.45, 7) is -0.643. The van der Waals surface area contributed by atoms with E-state index in [1.54, 1.807) is 0 Å². The average molecular weight is 358 g/mol. The van der Waals surface area contributed by atoms with Gasteiger partial charge in [-0.25, -0.2) is 0 Å². The highest BCUT2D eigenvalue weighted by Gasteiger charge is 2.49. The number of hydrogen-bond donors (Lipinski definition) is 8. The molecule has 2 fully saturated rings. The molecular formula is C12H22O10S. The van der Waals surface area contributed by atoms with Crippen LogP contribution in [0, 0.1) is 0 Å². The van der Waals surface area contributed by atoms with Crippen molar-refractivity contribution in [3.63, 3.8) is 0 Å². The molecule has 10 nitrogen and oxygen atoms in total. The Bertz CT molecular complexity index is 383. The van der Waals surface area contributed by atoms with Gasteiger partial charge >= 0.3 is 0 Å². The van der Waals surface area contributed by atoms with Gasteiger partial charge in [-0.2, -0.15) is 12.6 Å². The minimum atomic E-state index is -1.71. The van der Waals surface area contributed by atoms with Gasteiger partial charge in [-0.15, -0.1) is 0 Å². The van der Waals surface area contributed by atoms with Crippen LogP contribution in [0.5, 0.6) is 0 Å². The molecule has 0 saturated carbocycles. The predicted octanol–water partition coefficient (Wildman–Crippen LogP) is -4.46. The van der Waals surface area contributed by atoms with E-state index < -0.39 is 68.0 Å². The van der Waals surface area contributed by atoms with Crippen LogP contribution in [0.1, 0.15) is 0 Å². The molecule has 2 aliphatic heterocycles. The second kappa shape index (κ2) is 7.89. The predicted molar refractivity (Wildman–Crippen MR) is 75.4 cm³/mol. The van der Waals surface area contributed by atoms with Gasteiger partial charge in [-0.3, -0.25) is 0 Å². The number of rotatable bonds is 4. The van der Waals surface area contributed by atoms with Crippen molar-refractivity contribution < 1.29 is 50.0 Å². The molecule has 2 rings (SSSR count). The Morgan fingerprint density at radius 3 is 2.00 bits per heavy atom. The average Bonchev–Trinajstić information content (AvgIpc) is 2.55. The van der Waals surface area contributed by atoms with Crippen LogP contribution in [0.4, 0.5) is 0 Å². The Hall–Kier alpha value is -0.0500. The molecule has 2 heterocycles. The monoisotopic (exact) mass is 358 g/mol. The van der Waals surface area contributed by atoms with Crippen molar-refractivity contribution in [2.45, 2.75) is 61.4 Å². The lowest BCUT2D eigenvalue weighted by molar-refractivity contribution is -0.351. The molecule has 0 aromatic carbocycles. The van der Waals surface area contributed by atoms with Crippen LogP contribution < -0.4 is 0 Å². The Morgan fingerprint density at radius 2 is 1.43 bits per heavy atom. The number of ether oxygens (including phenoxy) is 3. The van der Waals surface area contributed by atoms with Crippen molar-refractivity contribution in [2.75, 3.05) is 12.4 Å². The summed E-state index contributed by atoms with van der Waals surface area (Å²) >= 11 is 3.96. The van der Waals surface area contributed by atoms with Crippen molar-refractivity contribution in [1.82, 2.24) is 0 Å². The lowest BCUT2D eigenvalue weighted by atomic mass is 9.97. The third-order valence-electron chi connectivity index (χ3n) is 3.98. The van der Waals surface area contributed by atoms with Crippen molar-refractivity contribution in [3.05, 3.63) is 0 Å². The van der Waals surface area contributed by atoms with Gasteiger partial charge in [-0.1, -0.05) is 0 Å². The smallest absolute Gasteiger partial charge is 0.187 e. The summed E-state index contributed by atoms with van der Waals surface area (Å²) in [6, 6.07) is 0.